The maximum Gasteiger partial charge on any atom is 0.405 e. The van der Waals surface area contributed by atoms with Gasteiger partial charge in [0, 0.05) is 8.59 Å². The highest BCUT2D eigenvalue weighted by molar-refractivity contribution is 14.1. The number of carbonyl (C=O) groups excluding carboxylic acids is 1. The molecule has 0 saturated heterocycles. The fourth-order valence-corrected chi connectivity index (χ4v) is 2.05. The van der Waals surface area contributed by atoms with Gasteiger partial charge in [0.05, 0.1) is 10.6 Å². The Morgan fingerprint density at radius 2 is 1.94 bits per heavy atom. The van der Waals surface area contributed by atoms with Crippen molar-refractivity contribution in [2.75, 3.05) is 6.54 Å². The highest BCUT2D eigenvalue weighted by Gasteiger charge is 2.28. The maximum atomic E-state index is 11.9. The van der Waals surface area contributed by atoms with Gasteiger partial charge in [0.2, 0.25) is 0 Å². The Labute approximate surface area is 119 Å². The van der Waals surface area contributed by atoms with Gasteiger partial charge in [-0.25, -0.2) is 0 Å². The molecule has 1 aromatic rings. The normalized spacial score (nSPS) is 11.4. The standard InChI is InChI=1S/C9H5Cl2F3INO/c10-4-1-5(7(15)6(11)2-4)8(17)16-3-9(12,13)14/h1-2H,3H2,(H,16,17). The van der Waals surface area contributed by atoms with Crippen LogP contribution in [0, 0.1) is 3.57 Å². The maximum absolute atomic E-state index is 11.9. The van der Waals surface area contributed by atoms with Crippen LogP contribution >= 0.6 is 45.8 Å². The van der Waals surface area contributed by atoms with E-state index in [1.165, 1.54) is 12.1 Å². The van der Waals surface area contributed by atoms with Crippen molar-refractivity contribution in [1.29, 1.82) is 0 Å². The lowest BCUT2D eigenvalue weighted by Gasteiger charge is -2.10. The molecule has 0 aliphatic rings. The zero-order chi connectivity index (χ0) is 13.2. The van der Waals surface area contributed by atoms with E-state index in [0.29, 0.717) is 3.57 Å². The fourth-order valence-electron chi connectivity index (χ4n) is 0.997. The number of nitrogens with one attached hydrogen (secondary N) is 1. The summed E-state index contributed by atoms with van der Waals surface area (Å²) in [6.45, 7) is -1.40. The van der Waals surface area contributed by atoms with Crippen LogP contribution < -0.4 is 5.32 Å². The van der Waals surface area contributed by atoms with Crippen LogP contribution in [0.3, 0.4) is 0 Å². The lowest BCUT2D eigenvalue weighted by atomic mass is 10.2. The summed E-state index contributed by atoms with van der Waals surface area (Å²) in [6.07, 6.45) is -4.45. The first-order valence-corrected chi connectivity index (χ1v) is 6.03. The number of rotatable bonds is 2. The summed E-state index contributed by atoms with van der Waals surface area (Å²) in [5, 5.41) is 2.15. The van der Waals surface area contributed by atoms with Crippen LogP contribution in [0.15, 0.2) is 12.1 Å². The first-order valence-electron chi connectivity index (χ1n) is 4.20. The quantitative estimate of drug-likeness (QED) is 0.595. The van der Waals surface area contributed by atoms with Crippen LogP contribution in [0.4, 0.5) is 13.2 Å². The van der Waals surface area contributed by atoms with Gasteiger partial charge in [-0.1, -0.05) is 23.2 Å². The lowest BCUT2D eigenvalue weighted by Crippen LogP contribution is -2.34. The number of amides is 1. The lowest BCUT2D eigenvalue weighted by molar-refractivity contribution is -0.123. The largest absolute Gasteiger partial charge is 0.405 e. The van der Waals surface area contributed by atoms with Gasteiger partial charge < -0.3 is 5.32 Å². The van der Waals surface area contributed by atoms with Crippen molar-refractivity contribution in [3.63, 3.8) is 0 Å². The minimum atomic E-state index is -4.45. The molecule has 1 amide bonds. The number of hydrogen-bond donors (Lipinski definition) is 1. The van der Waals surface area contributed by atoms with E-state index in [9.17, 15) is 18.0 Å². The molecule has 0 heterocycles. The molecule has 0 fully saturated rings. The first-order chi connectivity index (χ1) is 7.70. The van der Waals surface area contributed by atoms with E-state index in [0.717, 1.165) is 0 Å². The third-order valence-corrected chi connectivity index (χ3v) is 3.68. The highest BCUT2D eigenvalue weighted by Crippen LogP contribution is 2.27. The summed E-state index contributed by atoms with van der Waals surface area (Å²) in [5.74, 6) is -0.865. The van der Waals surface area contributed by atoms with Crippen molar-refractivity contribution in [2.24, 2.45) is 0 Å². The molecular weight excluding hydrogens is 393 g/mol. The molecule has 1 aromatic carbocycles. The van der Waals surface area contributed by atoms with Gasteiger partial charge in [0.25, 0.3) is 5.91 Å². The minimum absolute atomic E-state index is 0.0207. The van der Waals surface area contributed by atoms with E-state index in [-0.39, 0.29) is 15.6 Å². The number of carbonyl (C=O) groups is 1. The Morgan fingerprint density at radius 3 is 2.47 bits per heavy atom. The van der Waals surface area contributed by atoms with E-state index < -0.39 is 18.6 Å². The van der Waals surface area contributed by atoms with Crippen LogP contribution in [-0.2, 0) is 0 Å². The van der Waals surface area contributed by atoms with E-state index >= 15 is 0 Å². The molecule has 2 nitrogen and oxygen atoms in total. The zero-order valence-corrected chi connectivity index (χ0v) is 11.7. The highest BCUT2D eigenvalue weighted by atomic mass is 127. The molecule has 0 atom stereocenters. The summed E-state index contributed by atoms with van der Waals surface area (Å²) in [5.41, 5.74) is 0.0207. The van der Waals surface area contributed by atoms with Gasteiger partial charge in [-0.05, 0) is 34.7 Å². The predicted molar refractivity (Wildman–Crippen MR) is 67.6 cm³/mol. The van der Waals surface area contributed by atoms with Crippen molar-refractivity contribution < 1.29 is 18.0 Å². The summed E-state index contributed by atoms with van der Waals surface area (Å²) < 4.78 is 36.1. The van der Waals surface area contributed by atoms with E-state index in [1.54, 1.807) is 27.9 Å². The molecule has 0 unspecified atom stereocenters. The predicted octanol–water partition coefficient (Wildman–Crippen LogP) is 3.89. The zero-order valence-electron chi connectivity index (χ0n) is 8.04. The molecule has 0 bridgehead atoms. The fraction of sp³-hybridized carbons (Fsp3) is 0.222. The molecule has 0 spiro atoms. The molecule has 0 aliphatic heterocycles. The summed E-state index contributed by atoms with van der Waals surface area (Å²) in [6, 6.07) is 2.67. The van der Waals surface area contributed by atoms with Gasteiger partial charge in [-0.15, -0.1) is 0 Å². The third kappa shape index (κ3) is 4.51. The van der Waals surface area contributed by atoms with Crippen LogP contribution in [-0.4, -0.2) is 18.6 Å². The first kappa shape index (κ1) is 14.8. The number of alkyl halides is 3. The van der Waals surface area contributed by atoms with Crippen molar-refractivity contribution in [2.45, 2.75) is 6.18 Å². The Balaban J connectivity index is 2.90. The average molecular weight is 398 g/mol. The second-order valence-electron chi connectivity index (χ2n) is 3.05. The van der Waals surface area contributed by atoms with Crippen molar-refractivity contribution >= 4 is 51.7 Å². The molecule has 0 radical (unpaired) electrons. The van der Waals surface area contributed by atoms with Gasteiger partial charge in [0.15, 0.2) is 0 Å². The van der Waals surface area contributed by atoms with Crippen LogP contribution in [0.25, 0.3) is 0 Å². The van der Waals surface area contributed by atoms with E-state index in [1.807, 2.05) is 0 Å². The van der Waals surface area contributed by atoms with Gasteiger partial charge >= 0.3 is 6.18 Å². The Bertz CT molecular complexity index is 451. The molecule has 94 valence electrons. The molecule has 1 rings (SSSR count). The van der Waals surface area contributed by atoms with Crippen molar-refractivity contribution in [3.05, 3.63) is 31.3 Å². The van der Waals surface area contributed by atoms with Crippen molar-refractivity contribution in [1.82, 2.24) is 5.32 Å². The number of hydrogen-bond acceptors (Lipinski definition) is 1. The average Bonchev–Trinajstić information content (AvgIpc) is 2.19. The van der Waals surface area contributed by atoms with Crippen LogP contribution in [0.2, 0.25) is 10.0 Å². The SMILES string of the molecule is O=C(NCC(F)(F)F)c1cc(Cl)cc(Cl)c1I. The summed E-state index contributed by atoms with van der Waals surface area (Å²) >= 11 is 13.2. The second-order valence-corrected chi connectivity index (χ2v) is 4.97. The van der Waals surface area contributed by atoms with E-state index in [2.05, 4.69) is 0 Å². The minimum Gasteiger partial charge on any atom is -0.343 e. The van der Waals surface area contributed by atoms with Gasteiger partial charge in [-0.3, -0.25) is 4.79 Å². The topological polar surface area (TPSA) is 29.1 Å². The molecule has 0 saturated carbocycles. The monoisotopic (exact) mass is 397 g/mol. The number of halogens is 6. The Kier molecular flexibility index (Phi) is 4.91. The van der Waals surface area contributed by atoms with Crippen LogP contribution in [0.5, 0.6) is 0 Å². The molecule has 0 aromatic heterocycles. The second kappa shape index (κ2) is 5.62. The Morgan fingerprint density at radius 1 is 1.35 bits per heavy atom. The van der Waals surface area contributed by atoms with Gasteiger partial charge in [0.1, 0.15) is 6.54 Å². The third-order valence-electron chi connectivity index (χ3n) is 1.69. The molecular formula is C9H5Cl2F3INO. The molecule has 1 N–H and O–H groups in total. The van der Waals surface area contributed by atoms with E-state index in [4.69, 9.17) is 23.2 Å². The number of benzene rings is 1. The van der Waals surface area contributed by atoms with Crippen LogP contribution in [0.1, 0.15) is 10.4 Å². The van der Waals surface area contributed by atoms with Crippen molar-refractivity contribution in [3.8, 4) is 0 Å². The molecule has 8 heteroatoms. The molecule has 0 aliphatic carbocycles. The Hall–Kier alpha value is -0.210. The van der Waals surface area contributed by atoms with Gasteiger partial charge in [-0.2, -0.15) is 13.2 Å². The summed E-state index contributed by atoms with van der Waals surface area (Å²) in [4.78, 5) is 11.5. The molecule has 17 heavy (non-hydrogen) atoms. The smallest absolute Gasteiger partial charge is 0.343 e. The summed E-state index contributed by atoms with van der Waals surface area (Å²) in [7, 11) is 0.